The van der Waals surface area contributed by atoms with Gasteiger partial charge in [0.05, 0.1) is 5.69 Å². The van der Waals surface area contributed by atoms with Gasteiger partial charge in [0.1, 0.15) is 0 Å². The molecule has 1 nitrogen and oxygen atoms in total. The molecule has 7 aromatic carbocycles. The molecule has 8 rings (SSSR count). The predicted octanol–water partition coefficient (Wildman–Crippen LogP) is 11.2. The second kappa shape index (κ2) is 10.1. The zero-order valence-electron chi connectivity index (χ0n) is 23.0. The van der Waals surface area contributed by atoms with E-state index in [0.29, 0.717) is 0 Å². The van der Waals surface area contributed by atoms with Crippen LogP contribution in [-0.4, -0.2) is 4.98 Å². The van der Waals surface area contributed by atoms with Gasteiger partial charge in [-0.05, 0) is 83.9 Å². The van der Waals surface area contributed by atoms with Crippen LogP contribution in [0.5, 0.6) is 0 Å². The summed E-state index contributed by atoms with van der Waals surface area (Å²) < 4.78 is 0. The monoisotopic (exact) mass is 533 g/mol. The molecular weight excluding hydrogens is 506 g/mol. The summed E-state index contributed by atoms with van der Waals surface area (Å²) in [6.45, 7) is 0. The first kappa shape index (κ1) is 24.3. The molecular formula is C41H27N. The Morgan fingerprint density at radius 3 is 1.50 bits per heavy atom. The van der Waals surface area contributed by atoms with Gasteiger partial charge in [-0.15, -0.1) is 0 Å². The summed E-state index contributed by atoms with van der Waals surface area (Å²) >= 11 is 0. The van der Waals surface area contributed by atoms with Crippen molar-refractivity contribution in [2.24, 2.45) is 0 Å². The second-order valence-corrected chi connectivity index (χ2v) is 10.8. The number of nitrogens with zero attached hydrogens (tertiary/aromatic N) is 1. The van der Waals surface area contributed by atoms with Crippen molar-refractivity contribution in [1.29, 1.82) is 0 Å². The Morgan fingerprint density at radius 1 is 0.310 bits per heavy atom. The van der Waals surface area contributed by atoms with Gasteiger partial charge in [-0.3, -0.25) is 4.98 Å². The molecule has 0 saturated carbocycles. The van der Waals surface area contributed by atoms with Gasteiger partial charge in [0.2, 0.25) is 0 Å². The summed E-state index contributed by atoms with van der Waals surface area (Å²) in [6, 6.07) is 56.7. The molecule has 0 amide bonds. The Kier molecular flexibility index (Phi) is 5.86. The van der Waals surface area contributed by atoms with Crippen LogP contribution in [-0.2, 0) is 0 Å². The van der Waals surface area contributed by atoms with Gasteiger partial charge in [0, 0.05) is 11.8 Å². The molecule has 0 saturated heterocycles. The molecule has 0 aliphatic rings. The maximum absolute atomic E-state index is 4.70. The predicted molar refractivity (Wildman–Crippen MR) is 178 cm³/mol. The van der Waals surface area contributed by atoms with Crippen molar-refractivity contribution in [3.05, 3.63) is 164 Å². The van der Waals surface area contributed by atoms with Gasteiger partial charge < -0.3 is 0 Å². The Labute approximate surface area is 245 Å². The standard InChI is InChI=1S/C41H27N/c1-2-10-28(11-3-1)33-24-25-42-39(27-33)30-19-21-31(22-20-30)40-35-14-6-8-16-37(35)41(38-17-9-7-15-36(38)40)34-23-18-29-12-4-5-13-32(29)26-34/h1-27H. The highest BCUT2D eigenvalue weighted by Crippen LogP contribution is 2.44. The van der Waals surface area contributed by atoms with E-state index in [9.17, 15) is 0 Å². The topological polar surface area (TPSA) is 12.9 Å². The fourth-order valence-electron chi connectivity index (χ4n) is 6.30. The van der Waals surface area contributed by atoms with E-state index in [1.165, 1.54) is 65.7 Å². The first-order valence-corrected chi connectivity index (χ1v) is 14.4. The first-order valence-electron chi connectivity index (χ1n) is 14.4. The van der Waals surface area contributed by atoms with Crippen molar-refractivity contribution < 1.29 is 0 Å². The minimum atomic E-state index is 0.976. The van der Waals surface area contributed by atoms with E-state index in [0.717, 1.165) is 11.3 Å². The van der Waals surface area contributed by atoms with Crippen molar-refractivity contribution in [1.82, 2.24) is 4.98 Å². The van der Waals surface area contributed by atoms with E-state index in [4.69, 9.17) is 4.98 Å². The van der Waals surface area contributed by atoms with Gasteiger partial charge in [0.25, 0.3) is 0 Å². The lowest BCUT2D eigenvalue weighted by atomic mass is 9.85. The highest BCUT2D eigenvalue weighted by Gasteiger charge is 2.17. The largest absolute Gasteiger partial charge is 0.256 e. The summed E-state index contributed by atoms with van der Waals surface area (Å²) in [4.78, 5) is 4.70. The van der Waals surface area contributed by atoms with E-state index in [2.05, 4.69) is 152 Å². The molecule has 0 aliphatic carbocycles. The maximum atomic E-state index is 4.70. The molecule has 0 aliphatic heterocycles. The molecule has 0 unspecified atom stereocenters. The van der Waals surface area contributed by atoms with Gasteiger partial charge in [-0.25, -0.2) is 0 Å². The van der Waals surface area contributed by atoms with Crippen LogP contribution in [0.1, 0.15) is 0 Å². The SMILES string of the molecule is c1ccc(-c2ccnc(-c3ccc(-c4c5ccccc5c(-c5ccc6ccccc6c5)c5ccccc45)cc3)c2)cc1. The van der Waals surface area contributed by atoms with Crippen molar-refractivity contribution in [3.63, 3.8) is 0 Å². The van der Waals surface area contributed by atoms with E-state index in [1.807, 2.05) is 12.3 Å². The third-order valence-corrected chi connectivity index (χ3v) is 8.31. The minimum Gasteiger partial charge on any atom is -0.256 e. The number of hydrogen-bond donors (Lipinski definition) is 0. The van der Waals surface area contributed by atoms with Crippen LogP contribution in [0.3, 0.4) is 0 Å². The van der Waals surface area contributed by atoms with Gasteiger partial charge >= 0.3 is 0 Å². The molecule has 1 heteroatoms. The second-order valence-electron chi connectivity index (χ2n) is 10.8. The van der Waals surface area contributed by atoms with Crippen LogP contribution in [0, 0.1) is 0 Å². The van der Waals surface area contributed by atoms with Crippen LogP contribution < -0.4 is 0 Å². The van der Waals surface area contributed by atoms with Gasteiger partial charge in [-0.1, -0.05) is 140 Å². The van der Waals surface area contributed by atoms with Crippen molar-refractivity contribution >= 4 is 32.3 Å². The summed E-state index contributed by atoms with van der Waals surface area (Å²) in [7, 11) is 0. The molecule has 1 heterocycles. The highest BCUT2D eigenvalue weighted by atomic mass is 14.7. The molecule has 0 N–H and O–H groups in total. The summed E-state index contributed by atoms with van der Waals surface area (Å²) in [5.74, 6) is 0. The number of benzene rings is 7. The molecule has 8 aromatic rings. The minimum absolute atomic E-state index is 0.976. The lowest BCUT2D eigenvalue weighted by Crippen LogP contribution is -1.91. The Hall–Kier alpha value is -5.53. The number of aromatic nitrogens is 1. The Balaban J connectivity index is 1.29. The third-order valence-electron chi connectivity index (χ3n) is 8.31. The first-order chi connectivity index (χ1) is 20.8. The zero-order valence-corrected chi connectivity index (χ0v) is 23.0. The number of fused-ring (bicyclic) bond motifs is 3. The van der Waals surface area contributed by atoms with E-state index in [1.54, 1.807) is 0 Å². The average Bonchev–Trinajstić information content (AvgIpc) is 3.07. The van der Waals surface area contributed by atoms with Crippen molar-refractivity contribution in [2.45, 2.75) is 0 Å². The maximum Gasteiger partial charge on any atom is 0.0708 e. The number of pyridine rings is 1. The number of hydrogen-bond acceptors (Lipinski definition) is 1. The van der Waals surface area contributed by atoms with Crippen molar-refractivity contribution in [2.75, 3.05) is 0 Å². The van der Waals surface area contributed by atoms with E-state index < -0.39 is 0 Å². The lowest BCUT2D eigenvalue weighted by Gasteiger charge is -2.18. The van der Waals surface area contributed by atoms with E-state index in [-0.39, 0.29) is 0 Å². The quantitative estimate of drug-likeness (QED) is 0.205. The zero-order chi connectivity index (χ0) is 27.9. The number of rotatable bonds is 4. The summed E-state index contributed by atoms with van der Waals surface area (Å²) in [5.41, 5.74) is 9.45. The molecule has 1 aromatic heterocycles. The van der Waals surface area contributed by atoms with Crippen LogP contribution in [0.25, 0.3) is 77.0 Å². The van der Waals surface area contributed by atoms with Crippen LogP contribution in [0.4, 0.5) is 0 Å². The summed E-state index contributed by atoms with van der Waals surface area (Å²) in [6.07, 6.45) is 1.90. The van der Waals surface area contributed by atoms with Crippen LogP contribution in [0.2, 0.25) is 0 Å². The molecule has 0 bridgehead atoms. The normalized spacial score (nSPS) is 11.3. The Morgan fingerprint density at radius 2 is 0.833 bits per heavy atom. The Bertz CT molecular complexity index is 2170. The molecule has 196 valence electrons. The molecule has 0 atom stereocenters. The van der Waals surface area contributed by atoms with Crippen LogP contribution >= 0.6 is 0 Å². The average molecular weight is 534 g/mol. The highest BCUT2D eigenvalue weighted by molar-refractivity contribution is 6.21. The summed E-state index contributed by atoms with van der Waals surface area (Å²) in [5, 5.41) is 7.57. The molecule has 0 radical (unpaired) electrons. The van der Waals surface area contributed by atoms with Crippen molar-refractivity contribution in [3.8, 4) is 44.6 Å². The van der Waals surface area contributed by atoms with Crippen LogP contribution in [0.15, 0.2) is 164 Å². The van der Waals surface area contributed by atoms with Gasteiger partial charge in [-0.2, -0.15) is 0 Å². The third kappa shape index (κ3) is 4.15. The fourth-order valence-corrected chi connectivity index (χ4v) is 6.30. The molecule has 0 fully saturated rings. The van der Waals surface area contributed by atoms with Gasteiger partial charge in [0.15, 0.2) is 0 Å². The smallest absolute Gasteiger partial charge is 0.0708 e. The fraction of sp³-hybridized carbons (Fsp3) is 0. The van der Waals surface area contributed by atoms with E-state index >= 15 is 0 Å². The molecule has 42 heavy (non-hydrogen) atoms. The molecule has 0 spiro atoms. The lowest BCUT2D eigenvalue weighted by molar-refractivity contribution is 1.33.